The summed E-state index contributed by atoms with van der Waals surface area (Å²) < 4.78 is 13.9. The number of carbonyl (C=O) groups excluding carboxylic acids is 1. The monoisotopic (exact) mass is 336 g/mol. The maximum absolute atomic E-state index is 13.9. The molecule has 0 aromatic heterocycles. The van der Waals surface area contributed by atoms with Crippen LogP contribution in [0.4, 0.5) is 4.39 Å². The molecule has 2 aromatic carbocycles. The van der Waals surface area contributed by atoms with Crippen LogP contribution in [0.15, 0.2) is 41.5 Å². The van der Waals surface area contributed by atoms with Crippen LogP contribution >= 0.6 is 0 Å². The Bertz CT molecular complexity index is 829. The maximum atomic E-state index is 13.9. The molecule has 0 atom stereocenters. The van der Waals surface area contributed by atoms with Crippen LogP contribution in [0.25, 0.3) is 0 Å². The lowest BCUT2D eigenvalue weighted by Crippen LogP contribution is -2.28. The van der Waals surface area contributed by atoms with E-state index in [9.17, 15) is 9.18 Å². The molecule has 0 unspecified atom stereocenters. The molecule has 0 aliphatic heterocycles. The first-order valence-electron chi connectivity index (χ1n) is 8.01. The number of terminal acetylenes is 1. The Morgan fingerprint density at radius 2 is 1.92 bits per heavy atom. The van der Waals surface area contributed by atoms with E-state index in [4.69, 9.17) is 6.42 Å². The number of amides is 1. The number of hydrogen-bond acceptors (Lipinski definition) is 2. The van der Waals surface area contributed by atoms with Crippen molar-refractivity contribution in [2.45, 2.75) is 27.2 Å². The Labute approximate surface area is 148 Å². The van der Waals surface area contributed by atoms with Crippen LogP contribution in [-0.4, -0.2) is 23.7 Å². The molecule has 3 nitrogen and oxygen atoms in total. The molecule has 4 heteroatoms. The Kier molecular flexibility index (Phi) is 6.08. The fraction of sp³-hybridized carbons (Fsp3) is 0.238. The smallest absolute Gasteiger partial charge is 0.248 e. The highest BCUT2D eigenvalue weighted by atomic mass is 19.1. The fourth-order valence-corrected chi connectivity index (χ4v) is 2.52. The highest BCUT2D eigenvalue weighted by Gasteiger charge is 2.15. The van der Waals surface area contributed by atoms with E-state index in [1.807, 2.05) is 39.0 Å². The van der Waals surface area contributed by atoms with E-state index in [-0.39, 0.29) is 24.7 Å². The van der Waals surface area contributed by atoms with Crippen molar-refractivity contribution in [3.05, 3.63) is 70.0 Å². The Balaban J connectivity index is 2.21. The number of hydrogen-bond donors (Lipinski definition) is 0. The zero-order valence-electron chi connectivity index (χ0n) is 14.7. The zero-order chi connectivity index (χ0) is 18.4. The molecule has 0 aliphatic rings. The van der Waals surface area contributed by atoms with E-state index < -0.39 is 0 Å². The lowest BCUT2D eigenvalue weighted by molar-refractivity contribution is -0.129. The summed E-state index contributed by atoms with van der Waals surface area (Å²) in [5, 5.41) is 5.31. The van der Waals surface area contributed by atoms with Crippen LogP contribution in [0.5, 0.6) is 0 Å². The first-order chi connectivity index (χ1) is 11.9. The third-order valence-electron chi connectivity index (χ3n) is 3.99. The fourth-order valence-electron chi connectivity index (χ4n) is 2.52. The van der Waals surface area contributed by atoms with Crippen LogP contribution in [0, 0.1) is 38.9 Å². The lowest BCUT2D eigenvalue weighted by Gasteiger charge is -2.16. The molecule has 25 heavy (non-hydrogen) atoms. The SMILES string of the molecule is C#CCN(/N=C/c1ccc(C)cc1F)C(=O)Cc1c(C)cccc1C. The van der Waals surface area contributed by atoms with Crippen molar-refractivity contribution in [1.29, 1.82) is 0 Å². The van der Waals surface area contributed by atoms with Gasteiger partial charge in [0, 0.05) is 5.56 Å². The van der Waals surface area contributed by atoms with Crippen molar-refractivity contribution in [2.75, 3.05) is 6.54 Å². The average molecular weight is 336 g/mol. The van der Waals surface area contributed by atoms with E-state index in [1.54, 1.807) is 12.1 Å². The van der Waals surface area contributed by atoms with Crippen molar-refractivity contribution in [1.82, 2.24) is 5.01 Å². The van der Waals surface area contributed by atoms with Gasteiger partial charge >= 0.3 is 0 Å². The molecular weight excluding hydrogens is 315 g/mol. The first kappa shape index (κ1) is 18.4. The van der Waals surface area contributed by atoms with E-state index in [2.05, 4.69) is 11.0 Å². The number of halogens is 1. The maximum Gasteiger partial charge on any atom is 0.248 e. The number of carbonyl (C=O) groups is 1. The molecule has 0 aliphatic carbocycles. The van der Waals surface area contributed by atoms with Gasteiger partial charge < -0.3 is 0 Å². The molecular formula is C21H21FN2O. The number of benzene rings is 2. The molecule has 1 amide bonds. The van der Waals surface area contributed by atoms with Crippen molar-refractivity contribution in [3.8, 4) is 12.3 Å². The summed E-state index contributed by atoms with van der Waals surface area (Å²) in [7, 11) is 0. The summed E-state index contributed by atoms with van der Waals surface area (Å²) in [6, 6.07) is 10.7. The molecule has 0 spiro atoms. The first-order valence-corrected chi connectivity index (χ1v) is 8.01. The van der Waals surface area contributed by atoms with Crippen molar-refractivity contribution in [2.24, 2.45) is 5.10 Å². The second kappa shape index (κ2) is 8.25. The summed E-state index contributed by atoms with van der Waals surface area (Å²) in [5.74, 6) is 1.82. The normalized spacial score (nSPS) is 10.7. The standard InChI is InChI=1S/C21H21FN2O/c1-5-11-24(23-14-18-10-9-15(2)12-20(18)22)21(25)13-19-16(3)7-6-8-17(19)4/h1,6-10,12,14H,11,13H2,2-4H3/b23-14+. The summed E-state index contributed by atoms with van der Waals surface area (Å²) in [6.07, 6.45) is 6.88. The number of nitrogens with zero attached hydrogens (tertiary/aromatic N) is 2. The summed E-state index contributed by atoms with van der Waals surface area (Å²) in [5.41, 5.74) is 4.19. The van der Waals surface area contributed by atoms with Crippen LogP contribution in [-0.2, 0) is 11.2 Å². The van der Waals surface area contributed by atoms with E-state index in [0.29, 0.717) is 5.56 Å². The van der Waals surface area contributed by atoms with Gasteiger partial charge in [-0.3, -0.25) is 4.79 Å². The topological polar surface area (TPSA) is 32.7 Å². The summed E-state index contributed by atoms with van der Waals surface area (Å²) in [6.45, 7) is 5.77. The second-order valence-electron chi connectivity index (χ2n) is 5.97. The van der Waals surface area contributed by atoms with Gasteiger partial charge in [0.1, 0.15) is 12.4 Å². The molecule has 0 bridgehead atoms. The Morgan fingerprint density at radius 1 is 1.24 bits per heavy atom. The minimum absolute atomic E-state index is 0.0355. The van der Waals surface area contributed by atoms with Crippen molar-refractivity contribution in [3.63, 3.8) is 0 Å². The third-order valence-corrected chi connectivity index (χ3v) is 3.99. The van der Waals surface area contributed by atoms with Gasteiger partial charge in [-0.1, -0.05) is 36.3 Å². The van der Waals surface area contributed by atoms with Gasteiger partial charge in [0.25, 0.3) is 0 Å². The molecule has 0 saturated carbocycles. The number of hydrazone groups is 1. The molecule has 2 rings (SSSR count). The second-order valence-corrected chi connectivity index (χ2v) is 5.97. The predicted molar refractivity (Wildman–Crippen MR) is 98.9 cm³/mol. The van der Waals surface area contributed by atoms with E-state index in [1.165, 1.54) is 17.3 Å². The van der Waals surface area contributed by atoms with Crippen molar-refractivity contribution < 1.29 is 9.18 Å². The number of rotatable bonds is 5. The molecule has 0 radical (unpaired) electrons. The van der Waals surface area contributed by atoms with Gasteiger partial charge in [0.2, 0.25) is 5.91 Å². The minimum Gasteiger partial charge on any atom is -0.273 e. The van der Waals surface area contributed by atoms with Gasteiger partial charge in [-0.25, -0.2) is 9.40 Å². The molecule has 2 aromatic rings. The quantitative estimate of drug-likeness (QED) is 0.464. The predicted octanol–water partition coefficient (Wildman–Crippen LogP) is 3.79. The van der Waals surface area contributed by atoms with Gasteiger partial charge in [0.05, 0.1) is 12.6 Å². The van der Waals surface area contributed by atoms with Crippen molar-refractivity contribution >= 4 is 12.1 Å². The Morgan fingerprint density at radius 3 is 2.52 bits per heavy atom. The van der Waals surface area contributed by atoms with Crippen LogP contribution in [0.2, 0.25) is 0 Å². The lowest BCUT2D eigenvalue weighted by atomic mass is 10.00. The molecule has 0 fully saturated rings. The van der Waals surface area contributed by atoms with E-state index in [0.717, 1.165) is 22.3 Å². The highest BCUT2D eigenvalue weighted by molar-refractivity contribution is 5.84. The van der Waals surface area contributed by atoms with Crippen LogP contribution in [0.1, 0.15) is 27.8 Å². The molecule has 0 saturated heterocycles. The van der Waals surface area contributed by atoms with Crippen LogP contribution in [0.3, 0.4) is 0 Å². The zero-order valence-corrected chi connectivity index (χ0v) is 14.7. The van der Waals surface area contributed by atoms with Gasteiger partial charge in [-0.05, 0) is 49.1 Å². The summed E-state index contributed by atoms with van der Waals surface area (Å²) in [4.78, 5) is 12.6. The van der Waals surface area contributed by atoms with E-state index >= 15 is 0 Å². The summed E-state index contributed by atoms with van der Waals surface area (Å²) >= 11 is 0. The Hall–Kier alpha value is -2.93. The van der Waals surface area contributed by atoms with Gasteiger partial charge in [-0.2, -0.15) is 5.10 Å². The van der Waals surface area contributed by atoms with Gasteiger partial charge in [0.15, 0.2) is 0 Å². The molecule has 0 N–H and O–H groups in total. The molecule has 128 valence electrons. The third kappa shape index (κ3) is 4.77. The van der Waals surface area contributed by atoms with Gasteiger partial charge in [-0.15, -0.1) is 6.42 Å². The highest BCUT2D eigenvalue weighted by Crippen LogP contribution is 2.15. The minimum atomic E-state index is -0.383. The van der Waals surface area contributed by atoms with Crippen LogP contribution < -0.4 is 0 Å². The number of aryl methyl sites for hydroxylation is 3. The average Bonchev–Trinajstić information content (AvgIpc) is 2.56. The molecule has 0 heterocycles. The largest absolute Gasteiger partial charge is 0.273 e.